The lowest BCUT2D eigenvalue weighted by atomic mass is 9.65. The van der Waals surface area contributed by atoms with E-state index in [0.717, 1.165) is 17.3 Å². The van der Waals surface area contributed by atoms with E-state index in [1.165, 1.54) is 19.3 Å². The van der Waals surface area contributed by atoms with Crippen LogP contribution in [0.25, 0.3) is 0 Å². The summed E-state index contributed by atoms with van der Waals surface area (Å²) in [6, 6.07) is 0. The fourth-order valence-electron chi connectivity index (χ4n) is 3.31. The predicted molar refractivity (Wildman–Crippen MR) is 72.6 cm³/mol. The van der Waals surface area contributed by atoms with Gasteiger partial charge in [0.2, 0.25) is 0 Å². The molecule has 0 radical (unpaired) electrons. The van der Waals surface area contributed by atoms with Crippen LogP contribution in [0.2, 0.25) is 0 Å². The zero-order valence-corrected chi connectivity index (χ0v) is 11.7. The van der Waals surface area contributed by atoms with Gasteiger partial charge in [0, 0.05) is 22.7 Å². The van der Waals surface area contributed by atoms with E-state index in [4.69, 9.17) is 4.74 Å². The first kappa shape index (κ1) is 12.4. The van der Waals surface area contributed by atoms with Crippen LogP contribution in [0.15, 0.2) is 12.7 Å². The van der Waals surface area contributed by atoms with E-state index in [2.05, 4.69) is 29.2 Å². The van der Waals surface area contributed by atoms with Crippen molar-refractivity contribution in [2.45, 2.75) is 44.1 Å². The van der Waals surface area contributed by atoms with Crippen molar-refractivity contribution in [3.8, 4) is 0 Å². The smallest absolute Gasteiger partial charge is 0.306 e. The van der Waals surface area contributed by atoms with Crippen LogP contribution < -0.4 is 0 Å². The first-order valence-corrected chi connectivity index (χ1v) is 7.64. The highest BCUT2D eigenvalue weighted by molar-refractivity contribution is 14.1. The van der Waals surface area contributed by atoms with E-state index in [0.29, 0.717) is 18.3 Å². The van der Waals surface area contributed by atoms with Gasteiger partial charge in [-0.3, -0.25) is 4.79 Å². The lowest BCUT2D eigenvalue weighted by molar-refractivity contribution is -0.187. The van der Waals surface area contributed by atoms with Crippen molar-refractivity contribution in [1.82, 2.24) is 0 Å². The number of halogens is 1. The summed E-state index contributed by atoms with van der Waals surface area (Å²) >= 11 is 2.39. The summed E-state index contributed by atoms with van der Waals surface area (Å²) < 4.78 is 6.73. The average molecular weight is 334 g/mol. The summed E-state index contributed by atoms with van der Waals surface area (Å²) in [6.45, 7) is 3.83. The van der Waals surface area contributed by atoms with E-state index in [1.807, 2.05) is 6.08 Å². The molecule has 0 spiro atoms. The molecular weight excluding hydrogens is 315 g/mol. The van der Waals surface area contributed by atoms with Gasteiger partial charge in [-0.05, 0) is 25.7 Å². The highest BCUT2D eigenvalue weighted by atomic mass is 127. The molecule has 1 aliphatic heterocycles. The number of allylic oxidation sites excluding steroid dienone is 1. The summed E-state index contributed by atoms with van der Waals surface area (Å²) in [5.41, 5.74) is -0.178. The quantitative estimate of drug-likeness (QED) is 0.342. The highest BCUT2D eigenvalue weighted by Crippen LogP contribution is 2.48. The molecule has 1 aliphatic carbocycles. The largest absolute Gasteiger partial charge is 0.458 e. The molecule has 2 nitrogen and oxygen atoms in total. The number of esters is 1. The number of fused-ring (bicyclic) bond motifs is 1. The molecule has 0 aromatic heterocycles. The Morgan fingerprint density at radius 2 is 2.31 bits per heavy atom. The Bertz CT molecular complexity index is 290. The van der Waals surface area contributed by atoms with Gasteiger partial charge in [-0.15, -0.1) is 6.58 Å². The van der Waals surface area contributed by atoms with Crippen molar-refractivity contribution < 1.29 is 9.53 Å². The Hall–Kier alpha value is -0.0600. The van der Waals surface area contributed by atoms with E-state index < -0.39 is 0 Å². The Balaban J connectivity index is 2.25. The summed E-state index contributed by atoms with van der Waals surface area (Å²) in [7, 11) is 0. The number of rotatable bonds is 3. The van der Waals surface area contributed by atoms with Crippen LogP contribution >= 0.6 is 22.6 Å². The SMILES string of the molecule is C=CC[C@H]1CCC[C@H]2CCC(=O)O[C@]21CI. The van der Waals surface area contributed by atoms with Crippen LogP contribution in [0.5, 0.6) is 0 Å². The third-order valence-electron chi connectivity index (χ3n) is 4.15. The Morgan fingerprint density at radius 1 is 1.50 bits per heavy atom. The zero-order valence-electron chi connectivity index (χ0n) is 9.58. The molecule has 2 aliphatic rings. The van der Waals surface area contributed by atoms with E-state index in [-0.39, 0.29) is 11.6 Å². The maximum atomic E-state index is 11.6. The van der Waals surface area contributed by atoms with Gasteiger partial charge in [0.15, 0.2) is 0 Å². The maximum absolute atomic E-state index is 11.6. The average Bonchev–Trinajstić information content (AvgIpc) is 2.30. The van der Waals surface area contributed by atoms with E-state index in [9.17, 15) is 4.79 Å². The van der Waals surface area contributed by atoms with Gasteiger partial charge in [-0.25, -0.2) is 0 Å². The van der Waals surface area contributed by atoms with Crippen LogP contribution in [0.1, 0.15) is 38.5 Å². The molecule has 0 amide bonds. The summed E-state index contributed by atoms with van der Waals surface area (Å²) in [5, 5.41) is 0. The van der Waals surface area contributed by atoms with Crippen molar-refractivity contribution in [2.75, 3.05) is 4.43 Å². The topological polar surface area (TPSA) is 26.3 Å². The van der Waals surface area contributed by atoms with Crippen LogP contribution in [0, 0.1) is 11.8 Å². The number of ether oxygens (including phenoxy) is 1. The van der Waals surface area contributed by atoms with Gasteiger partial charge in [0.05, 0.1) is 0 Å². The number of carbonyl (C=O) groups is 1. The standard InChI is InChI=1S/C13H19IO2/c1-2-4-10-5-3-6-11-7-8-12(15)16-13(10,11)9-14/h2,10-11H,1,3-9H2/t10-,11-,13-/m0/s1. The number of hydrogen-bond acceptors (Lipinski definition) is 2. The third kappa shape index (κ3) is 2.03. The normalized spacial score (nSPS) is 38.7. The zero-order chi connectivity index (χ0) is 11.6. The molecule has 3 heteroatoms. The van der Waals surface area contributed by atoms with E-state index >= 15 is 0 Å². The lowest BCUT2D eigenvalue weighted by Crippen LogP contribution is -2.55. The van der Waals surface area contributed by atoms with Gasteiger partial charge >= 0.3 is 5.97 Å². The number of hydrogen-bond donors (Lipinski definition) is 0. The van der Waals surface area contributed by atoms with Crippen molar-refractivity contribution >= 4 is 28.6 Å². The molecule has 1 saturated carbocycles. The Morgan fingerprint density at radius 3 is 3.00 bits per heavy atom. The van der Waals surface area contributed by atoms with Crippen LogP contribution in [-0.2, 0) is 9.53 Å². The molecular formula is C13H19IO2. The molecule has 0 aromatic rings. The summed E-state index contributed by atoms with van der Waals surface area (Å²) in [4.78, 5) is 11.6. The van der Waals surface area contributed by atoms with Crippen molar-refractivity contribution in [1.29, 1.82) is 0 Å². The molecule has 0 bridgehead atoms. The van der Waals surface area contributed by atoms with Gasteiger partial charge in [-0.2, -0.15) is 0 Å². The van der Waals surface area contributed by atoms with Gasteiger partial charge < -0.3 is 4.74 Å². The summed E-state index contributed by atoms with van der Waals surface area (Å²) in [6.07, 6.45) is 8.28. The predicted octanol–water partition coefficient (Wildman–Crippen LogP) is 3.49. The second kappa shape index (κ2) is 5.07. The minimum Gasteiger partial charge on any atom is -0.458 e. The second-order valence-electron chi connectivity index (χ2n) is 4.95. The maximum Gasteiger partial charge on any atom is 0.306 e. The molecule has 0 aromatic carbocycles. The fraction of sp³-hybridized carbons (Fsp3) is 0.769. The first-order chi connectivity index (χ1) is 7.73. The third-order valence-corrected chi connectivity index (χ3v) is 5.34. The highest BCUT2D eigenvalue weighted by Gasteiger charge is 2.51. The monoisotopic (exact) mass is 334 g/mol. The lowest BCUT2D eigenvalue weighted by Gasteiger charge is -2.50. The van der Waals surface area contributed by atoms with Crippen molar-refractivity contribution in [3.05, 3.63) is 12.7 Å². The minimum atomic E-state index is -0.178. The second-order valence-corrected chi connectivity index (χ2v) is 5.71. The molecule has 2 rings (SSSR count). The molecule has 3 atom stereocenters. The molecule has 2 fully saturated rings. The number of carbonyl (C=O) groups excluding carboxylic acids is 1. The molecule has 0 N–H and O–H groups in total. The first-order valence-electron chi connectivity index (χ1n) is 6.11. The Labute approximate surface area is 111 Å². The van der Waals surface area contributed by atoms with Crippen molar-refractivity contribution in [3.63, 3.8) is 0 Å². The molecule has 16 heavy (non-hydrogen) atoms. The van der Waals surface area contributed by atoms with Gasteiger partial charge in [-0.1, -0.05) is 35.1 Å². The van der Waals surface area contributed by atoms with E-state index in [1.54, 1.807) is 0 Å². The summed E-state index contributed by atoms with van der Waals surface area (Å²) in [5.74, 6) is 1.08. The number of alkyl halides is 1. The molecule has 1 heterocycles. The van der Waals surface area contributed by atoms with Crippen molar-refractivity contribution in [2.24, 2.45) is 11.8 Å². The molecule has 0 unspecified atom stereocenters. The van der Waals surface area contributed by atoms with Gasteiger partial charge in [0.1, 0.15) is 5.60 Å². The van der Waals surface area contributed by atoms with Gasteiger partial charge in [0.25, 0.3) is 0 Å². The minimum absolute atomic E-state index is 0.00359. The Kier molecular flexibility index (Phi) is 3.93. The van der Waals surface area contributed by atoms with Crippen LogP contribution in [0.3, 0.4) is 0 Å². The molecule has 90 valence electrons. The molecule has 1 saturated heterocycles. The fourth-order valence-corrected chi connectivity index (χ4v) is 4.71. The van der Waals surface area contributed by atoms with Crippen LogP contribution in [0.4, 0.5) is 0 Å². The van der Waals surface area contributed by atoms with Crippen LogP contribution in [-0.4, -0.2) is 16.0 Å².